The van der Waals surface area contributed by atoms with Crippen LogP contribution in [0.15, 0.2) is 24.3 Å². The van der Waals surface area contributed by atoms with E-state index < -0.39 is 0 Å². The number of hydrogen-bond donors (Lipinski definition) is 0. The van der Waals surface area contributed by atoms with Crippen LogP contribution in [-0.2, 0) is 35.8 Å². The number of allylic oxidation sites excluding steroid dienone is 3. The molecule has 1 aliphatic carbocycles. The average Bonchev–Trinajstić information content (AvgIpc) is 2.73. The molecule has 0 aromatic heterocycles. The van der Waals surface area contributed by atoms with Gasteiger partial charge in [0.1, 0.15) is 0 Å². The van der Waals surface area contributed by atoms with Gasteiger partial charge in [-0.05, 0) is 18.1 Å². The van der Waals surface area contributed by atoms with Crippen molar-refractivity contribution >= 4 is 5.78 Å². The molecule has 0 bridgehead atoms. The number of carbonyl (C=O) groups excluding carboxylic acids is 1. The van der Waals surface area contributed by atoms with Crippen LogP contribution in [0.5, 0.6) is 0 Å². The predicted molar refractivity (Wildman–Crippen MR) is 44.3 cm³/mol. The van der Waals surface area contributed by atoms with E-state index >= 15 is 0 Å². The molecule has 0 radical (unpaired) electrons. The van der Waals surface area contributed by atoms with Gasteiger partial charge in [-0.15, -0.1) is 0 Å². The molecule has 0 atom stereocenters. The second-order valence-corrected chi connectivity index (χ2v) is 1.89. The molecule has 5 heteroatoms. The third kappa shape index (κ3) is 15.6. The maximum atomic E-state index is 10.5. The van der Waals surface area contributed by atoms with Crippen LogP contribution >= 0.6 is 0 Å². The quantitative estimate of drug-likeness (QED) is 0.392. The van der Waals surface area contributed by atoms with E-state index in [0.717, 1.165) is 12.0 Å². The molecule has 0 aromatic rings. The van der Waals surface area contributed by atoms with Gasteiger partial charge in [-0.2, -0.15) is 0 Å². The van der Waals surface area contributed by atoms with Crippen molar-refractivity contribution in [3.05, 3.63) is 44.3 Å². The second-order valence-electron chi connectivity index (χ2n) is 1.89. The molecule has 0 aromatic carbocycles. The van der Waals surface area contributed by atoms with Crippen molar-refractivity contribution in [3.63, 3.8) is 0 Å². The average molecular weight is 248 g/mol. The molecule has 15 heavy (non-hydrogen) atoms. The summed E-state index contributed by atoms with van der Waals surface area (Å²) in [5.41, 5.74) is 1.08. The summed E-state index contributed by atoms with van der Waals surface area (Å²) in [6.07, 6.45) is 4.97. The molecule has 0 N–H and O–H groups in total. The van der Waals surface area contributed by atoms with Gasteiger partial charge in [-0.3, -0.25) is 4.79 Å². The maximum Gasteiger partial charge on any atom is 0 e. The molecule has 0 saturated carbocycles. The van der Waals surface area contributed by atoms with Crippen LogP contribution in [0.4, 0.5) is 0 Å². The van der Waals surface area contributed by atoms with Crippen molar-refractivity contribution in [2.24, 2.45) is 0 Å². The van der Waals surface area contributed by atoms with Crippen molar-refractivity contribution < 1.29 is 35.8 Å². The van der Waals surface area contributed by atoms with Crippen LogP contribution < -0.4 is 0 Å². The normalized spacial score (nSPS) is 10.3. The molecule has 4 nitrogen and oxygen atoms in total. The van der Waals surface area contributed by atoms with E-state index in [1.54, 1.807) is 12.2 Å². The zero-order valence-electron chi connectivity index (χ0n) is 7.76. The van der Waals surface area contributed by atoms with Crippen molar-refractivity contribution in [3.8, 4) is 0 Å². The monoisotopic (exact) mass is 248 g/mol. The first-order valence-corrected chi connectivity index (χ1v) is 3.30. The third-order valence-corrected chi connectivity index (χ3v) is 1.27. The smallest absolute Gasteiger partial charge is 0 e. The van der Waals surface area contributed by atoms with Crippen LogP contribution in [0.3, 0.4) is 0 Å². The fourth-order valence-corrected chi connectivity index (χ4v) is 0.780. The Labute approximate surface area is 99.1 Å². The Morgan fingerprint density at radius 1 is 1.13 bits per heavy atom. The molecule has 0 fully saturated rings. The van der Waals surface area contributed by atoms with Crippen molar-refractivity contribution in [2.75, 3.05) is 0 Å². The molecule has 0 unspecified atom stereocenters. The summed E-state index contributed by atoms with van der Waals surface area (Å²) in [7, 11) is 0. The van der Waals surface area contributed by atoms with Crippen molar-refractivity contribution in [1.82, 2.24) is 0 Å². The van der Waals surface area contributed by atoms with Gasteiger partial charge in [0, 0.05) is 23.5 Å². The molecule has 1 rings (SSSR count). The van der Waals surface area contributed by atoms with Crippen LogP contribution in [0.1, 0.15) is 12.8 Å². The topological polar surface area (TPSA) is 76.8 Å². The summed E-state index contributed by atoms with van der Waals surface area (Å²) in [4.78, 5) is 10.5. The number of hydrogen-bond acceptors (Lipinski definition) is 1. The number of ketones is 1. The Bertz CT molecular complexity index is 246. The Hall–Kier alpha value is -1.11. The standard InChI is InChI=1S/C7H8O.3CO.Fe/c1-2-6-3-4-7(8)5-6;3*1-2;/h2,5H,1,3-4H2;;;;. The van der Waals surface area contributed by atoms with Crippen molar-refractivity contribution in [1.29, 1.82) is 0 Å². The van der Waals surface area contributed by atoms with E-state index in [2.05, 4.69) is 26.5 Å². The Morgan fingerprint density at radius 3 is 1.67 bits per heavy atom. The van der Waals surface area contributed by atoms with Gasteiger partial charge in [-0.1, -0.05) is 12.7 Å². The SMILES string of the molecule is C=CC1=CC(=O)CC1.[C-]#[O+].[C-]#[O+].[C-]#[O+].[Fe]. The Balaban J connectivity index is -0.0000000755. The zero-order valence-corrected chi connectivity index (χ0v) is 8.87. The first-order chi connectivity index (χ1) is 6.83. The van der Waals surface area contributed by atoms with E-state index in [0.29, 0.717) is 6.42 Å². The van der Waals surface area contributed by atoms with Crippen LogP contribution in [0.25, 0.3) is 0 Å². The largest absolute Gasteiger partial charge is 0 e. The van der Waals surface area contributed by atoms with Gasteiger partial charge in [0.2, 0.25) is 0 Å². The molecule has 0 saturated heterocycles. The molecular formula is C10H8FeO4. The van der Waals surface area contributed by atoms with E-state index in [4.69, 9.17) is 14.0 Å². The van der Waals surface area contributed by atoms with Crippen LogP contribution in [-0.4, -0.2) is 5.78 Å². The minimum absolute atomic E-state index is 0. The summed E-state index contributed by atoms with van der Waals surface area (Å²) in [6, 6.07) is 0. The predicted octanol–water partition coefficient (Wildman–Crippen LogP) is 1.35. The van der Waals surface area contributed by atoms with E-state index in [9.17, 15) is 4.79 Å². The van der Waals surface area contributed by atoms with Crippen LogP contribution in [0, 0.1) is 20.0 Å². The summed E-state index contributed by atoms with van der Waals surface area (Å²) in [5.74, 6) is 0.236. The zero-order chi connectivity index (χ0) is 12.0. The molecule has 0 spiro atoms. The van der Waals surface area contributed by atoms with Gasteiger partial charge in [0.25, 0.3) is 0 Å². The first-order valence-electron chi connectivity index (χ1n) is 3.30. The van der Waals surface area contributed by atoms with Gasteiger partial charge >= 0.3 is 33.9 Å². The summed E-state index contributed by atoms with van der Waals surface area (Å²) in [6.45, 7) is 17.1. The van der Waals surface area contributed by atoms with Gasteiger partial charge in [-0.25, -0.2) is 0 Å². The van der Waals surface area contributed by atoms with Gasteiger partial charge in [0.15, 0.2) is 5.78 Å². The van der Waals surface area contributed by atoms with Gasteiger partial charge in [0.05, 0.1) is 0 Å². The molecule has 1 aliphatic rings. The fourth-order valence-electron chi connectivity index (χ4n) is 0.780. The molecule has 80 valence electrons. The van der Waals surface area contributed by atoms with Gasteiger partial charge < -0.3 is 0 Å². The number of carbonyl (C=O) groups is 1. The fraction of sp³-hybridized carbons (Fsp3) is 0.200. The summed E-state index contributed by atoms with van der Waals surface area (Å²) in [5, 5.41) is 0. The number of rotatable bonds is 1. The minimum atomic E-state index is 0. The second kappa shape index (κ2) is 23.1. The van der Waals surface area contributed by atoms with E-state index in [1.807, 2.05) is 0 Å². The maximum absolute atomic E-state index is 10.5. The Kier molecular flexibility index (Phi) is 36.3. The molecule has 0 heterocycles. The minimum Gasteiger partial charge on any atom is 0 e. The third-order valence-electron chi connectivity index (χ3n) is 1.27. The first kappa shape index (κ1) is 23.6. The molecule has 0 amide bonds. The molecular weight excluding hydrogens is 240 g/mol. The van der Waals surface area contributed by atoms with E-state index in [-0.39, 0.29) is 22.9 Å². The molecule has 0 aliphatic heterocycles. The van der Waals surface area contributed by atoms with Crippen molar-refractivity contribution in [2.45, 2.75) is 12.8 Å². The summed E-state index contributed by atoms with van der Waals surface area (Å²) < 4.78 is 22.5. The summed E-state index contributed by atoms with van der Waals surface area (Å²) >= 11 is 0. The van der Waals surface area contributed by atoms with E-state index in [1.165, 1.54) is 0 Å². The van der Waals surface area contributed by atoms with Crippen LogP contribution in [0.2, 0.25) is 0 Å². The Morgan fingerprint density at radius 2 is 1.53 bits per heavy atom.